The van der Waals surface area contributed by atoms with Crippen molar-refractivity contribution >= 4 is 11.9 Å². The number of hydrogen-bond donors (Lipinski definition) is 2. The maximum absolute atomic E-state index is 11.4. The molecular weight excluding hydrogens is 202 g/mol. The van der Waals surface area contributed by atoms with Crippen molar-refractivity contribution in [1.29, 1.82) is 0 Å². The third-order valence-electron chi connectivity index (χ3n) is 1.53. The van der Waals surface area contributed by atoms with E-state index in [1.165, 1.54) is 7.11 Å². The smallest absolute Gasteiger partial charge is 0.324 e. The van der Waals surface area contributed by atoms with Gasteiger partial charge in [0, 0.05) is 7.11 Å². The van der Waals surface area contributed by atoms with Crippen molar-refractivity contribution in [3.63, 3.8) is 0 Å². The lowest BCUT2D eigenvalue weighted by molar-refractivity contribution is -0.172. The lowest BCUT2D eigenvalue weighted by Gasteiger charge is -2.24. The van der Waals surface area contributed by atoms with Gasteiger partial charge in [-0.15, -0.1) is 0 Å². The fraction of sp³-hybridized carbons (Fsp3) is 0.778. The molecule has 0 aromatic heterocycles. The van der Waals surface area contributed by atoms with Crippen LogP contribution in [0.5, 0.6) is 0 Å². The van der Waals surface area contributed by atoms with Gasteiger partial charge in [-0.2, -0.15) is 0 Å². The Hall–Kier alpha value is -1.14. The van der Waals surface area contributed by atoms with E-state index in [0.717, 1.165) is 0 Å². The summed E-state index contributed by atoms with van der Waals surface area (Å²) < 4.78 is 9.51. The molecule has 0 aliphatic heterocycles. The van der Waals surface area contributed by atoms with Gasteiger partial charge < -0.3 is 20.3 Å². The number of carboxylic acids is 1. The van der Waals surface area contributed by atoms with E-state index in [9.17, 15) is 9.59 Å². The van der Waals surface area contributed by atoms with Crippen LogP contribution in [0, 0.1) is 5.92 Å². The molecule has 6 heteroatoms. The van der Waals surface area contributed by atoms with Crippen LogP contribution in [0.15, 0.2) is 0 Å². The number of nitrogens with two attached hydrogens (primary N) is 1. The average molecular weight is 219 g/mol. The standard InChI is InChI=1S/C9H17NO5/c1-9(2,3)15-8(13)5(7(11)12)6(10)14-4/h5-6H,10H2,1-4H3,(H,11,12). The first-order valence-corrected chi connectivity index (χ1v) is 4.43. The highest BCUT2D eigenvalue weighted by molar-refractivity contribution is 5.94. The number of ether oxygens (including phenoxy) is 2. The van der Waals surface area contributed by atoms with Crippen molar-refractivity contribution < 1.29 is 24.2 Å². The normalized spacial score (nSPS) is 15.5. The largest absolute Gasteiger partial charge is 0.480 e. The van der Waals surface area contributed by atoms with Crippen molar-refractivity contribution in [1.82, 2.24) is 0 Å². The SMILES string of the molecule is COC(N)C(C(=O)O)C(=O)OC(C)(C)C. The van der Waals surface area contributed by atoms with Crippen LogP contribution in [0.25, 0.3) is 0 Å². The Labute approximate surface area is 88.3 Å². The number of methoxy groups -OCH3 is 1. The molecule has 0 aliphatic rings. The van der Waals surface area contributed by atoms with Crippen LogP contribution in [0.3, 0.4) is 0 Å². The number of aliphatic carboxylic acids is 1. The van der Waals surface area contributed by atoms with Crippen molar-refractivity contribution in [2.24, 2.45) is 11.7 Å². The van der Waals surface area contributed by atoms with Gasteiger partial charge in [0.25, 0.3) is 0 Å². The average Bonchev–Trinajstić information content (AvgIpc) is 1.99. The number of rotatable bonds is 4. The summed E-state index contributed by atoms with van der Waals surface area (Å²) in [7, 11) is 1.23. The maximum Gasteiger partial charge on any atom is 0.324 e. The topological polar surface area (TPSA) is 98.9 Å². The summed E-state index contributed by atoms with van der Waals surface area (Å²) in [5.41, 5.74) is 4.58. The number of carbonyl (C=O) groups excluding carboxylic acids is 1. The minimum Gasteiger partial charge on any atom is -0.480 e. The van der Waals surface area contributed by atoms with E-state index in [0.29, 0.717) is 0 Å². The van der Waals surface area contributed by atoms with E-state index in [-0.39, 0.29) is 0 Å². The van der Waals surface area contributed by atoms with Crippen molar-refractivity contribution in [3.8, 4) is 0 Å². The molecule has 3 N–H and O–H groups in total. The van der Waals surface area contributed by atoms with Gasteiger partial charge in [0.15, 0.2) is 5.92 Å². The third-order valence-corrected chi connectivity index (χ3v) is 1.53. The Kier molecular flexibility index (Phi) is 4.70. The molecule has 88 valence electrons. The molecule has 0 amide bonds. The molecule has 6 nitrogen and oxygen atoms in total. The molecule has 0 fully saturated rings. The molecular formula is C9H17NO5. The molecule has 0 bridgehead atoms. The van der Waals surface area contributed by atoms with Crippen LogP contribution in [-0.2, 0) is 19.1 Å². The Morgan fingerprint density at radius 3 is 2.07 bits per heavy atom. The monoisotopic (exact) mass is 219 g/mol. The predicted octanol–water partition coefficient (Wildman–Crippen LogP) is -0.0399. The zero-order chi connectivity index (χ0) is 12.2. The van der Waals surface area contributed by atoms with Gasteiger partial charge in [-0.1, -0.05) is 0 Å². The van der Waals surface area contributed by atoms with Crippen molar-refractivity contribution in [2.75, 3.05) is 7.11 Å². The molecule has 0 aliphatic carbocycles. The summed E-state index contributed by atoms with van der Waals surface area (Å²) in [4.78, 5) is 22.2. The highest BCUT2D eigenvalue weighted by Gasteiger charge is 2.36. The summed E-state index contributed by atoms with van der Waals surface area (Å²) in [6, 6.07) is 0. The fourth-order valence-electron chi connectivity index (χ4n) is 0.877. The molecule has 2 atom stereocenters. The molecule has 15 heavy (non-hydrogen) atoms. The Bertz CT molecular complexity index is 245. The van der Waals surface area contributed by atoms with Gasteiger partial charge in [0.05, 0.1) is 0 Å². The molecule has 0 spiro atoms. The summed E-state index contributed by atoms with van der Waals surface area (Å²) in [5, 5.41) is 8.78. The summed E-state index contributed by atoms with van der Waals surface area (Å²) in [6.07, 6.45) is -1.21. The molecule has 0 saturated heterocycles. The Balaban J connectivity index is 4.65. The predicted molar refractivity (Wildman–Crippen MR) is 52.0 cm³/mol. The van der Waals surface area contributed by atoms with Gasteiger partial charge >= 0.3 is 11.9 Å². The lowest BCUT2D eigenvalue weighted by atomic mass is 10.1. The van der Waals surface area contributed by atoms with Gasteiger partial charge in [-0.05, 0) is 20.8 Å². The zero-order valence-corrected chi connectivity index (χ0v) is 9.31. The first-order valence-electron chi connectivity index (χ1n) is 4.43. The van der Waals surface area contributed by atoms with Gasteiger partial charge in [-0.25, -0.2) is 0 Å². The number of carboxylic acid groups (broad SMARTS) is 1. The van der Waals surface area contributed by atoms with E-state index in [4.69, 9.17) is 15.6 Å². The first-order chi connectivity index (χ1) is 6.69. The second kappa shape index (κ2) is 5.09. The van der Waals surface area contributed by atoms with Crippen LogP contribution in [0.1, 0.15) is 20.8 Å². The highest BCUT2D eigenvalue weighted by atomic mass is 16.6. The van der Waals surface area contributed by atoms with E-state index < -0.39 is 29.7 Å². The maximum atomic E-state index is 11.4. The summed E-state index contributed by atoms with van der Waals surface area (Å²) in [6.45, 7) is 4.92. The van der Waals surface area contributed by atoms with E-state index >= 15 is 0 Å². The van der Waals surface area contributed by atoms with Gasteiger partial charge in [0.2, 0.25) is 0 Å². The number of hydrogen-bond acceptors (Lipinski definition) is 5. The molecule has 0 aromatic carbocycles. The molecule has 0 radical (unpaired) electrons. The van der Waals surface area contributed by atoms with E-state index in [1.807, 2.05) is 0 Å². The third kappa shape index (κ3) is 4.75. The van der Waals surface area contributed by atoms with Gasteiger partial charge in [0.1, 0.15) is 11.8 Å². The first kappa shape index (κ1) is 13.9. The summed E-state index contributed by atoms with van der Waals surface area (Å²) in [5.74, 6) is -3.77. The van der Waals surface area contributed by atoms with Crippen LogP contribution in [0.2, 0.25) is 0 Å². The molecule has 0 saturated carbocycles. The second-order valence-electron chi connectivity index (χ2n) is 4.05. The Morgan fingerprint density at radius 2 is 1.80 bits per heavy atom. The number of esters is 1. The minimum absolute atomic E-state index is 0.752. The van der Waals surface area contributed by atoms with Crippen LogP contribution < -0.4 is 5.73 Å². The molecule has 0 rings (SSSR count). The highest BCUT2D eigenvalue weighted by Crippen LogP contribution is 2.13. The van der Waals surface area contributed by atoms with Gasteiger partial charge in [-0.3, -0.25) is 9.59 Å². The fourth-order valence-corrected chi connectivity index (χ4v) is 0.877. The molecule has 2 unspecified atom stereocenters. The molecule has 0 heterocycles. The summed E-state index contributed by atoms with van der Waals surface area (Å²) >= 11 is 0. The van der Waals surface area contributed by atoms with Crippen molar-refractivity contribution in [3.05, 3.63) is 0 Å². The quantitative estimate of drug-likeness (QED) is 0.391. The molecule has 0 aromatic rings. The lowest BCUT2D eigenvalue weighted by Crippen LogP contribution is -2.44. The number of carbonyl (C=O) groups is 2. The minimum atomic E-state index is -1.51. The van der Waals surface area contributed by atoms with E-state index in [1.54, 1.807) is 20.8 Å². The second-order valence-corrected chi connectivity index (χ2v) is 4.05. The Morgan fingerprint density at radius 1 is 1.33 bits per heavy atom. The van der Waals surface area contributed by atoms with Crippen LogP contribution in [0.4, 0.5) is 0 Å². The van der Waals surface area contributed by atoms with Crippen LogP contribution in [-0.4, -0.2) is 36.0 Å². The van der Waals surface area contributed by atoms with E-state index in [2.05, 4.69) is 4.74 Å². The van der Waals surface area contributed by atoms with Crippen molar-refractivity contribution in [2.45, 2.75) is 32.6 Å². The van der Waals surface area contributed by atoms with Crippen LogP contribution >= 0.6 is 0 Å². The zero-order valence-electron chi connectivity index (χ0n) is 9.31.